The standard InChI is InChI=1S/C12H16ClNO/c1-7(2)11-6-14-10-5-9(13)4-8(3)12(10)15-11/h4-5,7,11,14H,6H2,1-3H3. The van der Waals surface area contributed by atoms with Crippen molar-refractivity contribution in [1.29, 1.82) is 0 Å². The van der Waals surface area contributed by atoms with Crippen LogP contribution in [0.3, 0.4) is 0 Å². The van der Waals surface area contributed by atoms with E-state index in [0.717, 1.165) is 28.6 Å². The van der Waals surface area contributed by atoms with Crippen LogP contribution in [-0.2, 0) is 0 Å². The number of anilines is 1. The molecule has 2 nitrogen and oxygen atoms in total. The van der Waals surface area contributed by atoms with Crippen LogP contribution in [-0.4, -0.2) is 12.6 Å². The number of benzene rings is 1. The molecule has 0 aromatic heterocycles. The van der Waals surface area contributed by atoms with Gasteiger partial charge < -0.3 is 10.1 Å². The van der Waals surface area contributed by atoms with Gasteiger partial charge in [-0.2, -0.15) is 0 Å². The maximum Gasteiger partial charge on any atom is 0.145 e. The summed E-state index contributed by atoms with van der Waals surface area (Å²) in [4.78, 5) is 0. The van der Waals surface area contributed by atoms with Crippen molar-refractivity contribution in [1.82, 2.24) is 0 Å². The summed E-state index contributed by atoms with van der Waals surface area (Å²) in [7, 11) is 0. The van der Waals surface area contributed by atoms with Crippen LogP contribution < -0.4 is 10.1 Å². The van der Waals surface area contributed by atoms with Crippen molar-refractivity contribution in [3.63, 3.8) is 0 Å². The monoisotopic (exact) mass is 225 g/mol. The lowest BCUT2D eigenvalue weighted by Crippen LogP contribution is -2.35. The second-order valence-electron chi connectivity index (χ2n) is 4.38. The molecule has 0 fully saturated rings. The van der Waals surface area contributed by atoms with Crippen LogP contribution in [0.1, 0.15) is 19.4 Å². The first-order valence-corrected chi connectivity index (χ1v) is 5.66. The average Bonchev–Trinajstić information content (AvgIpc) is 2.16. The minimum Gasteiger partial charge on any atom is -0.486 e. The van der Waals surface area contributed by atoms with Crippen LogP contribution in [0.5, 0.6) is 5.75 Å². The van der Waals surface area contributed by atoms with Crippen molar-refractivity contribution in [2.45, 2.75) is 26.9 Å². The summed E-state index contributed by atoms with van der Waals surface area (Å²) < 4.78 is 5.96. The molecule has 3 heteroatoms. The molecule has 0 spiro atoms. The molecular weight excluding hydrogens is 210 g/mol. The van der Waals surface area contributed by atoms with Gasteiger partial charge in [0.05, 0.1) is 12.2 Å². The first-order valence-electron chi connectivity index (χ1n) is 5.28. The van der Waals surface area contributed by atoms with E-state index in [1.54, 1.807) is 0 Å². The van der Waals surface area contributed by atoms with Gasteiger partial charge in [0.1, 0.15) is 11.9 Å². The van der Waals surface area contributed by atoms with Crippen molar-refractivity contribution in [2.75, 3.05) is 11.9 Å². The predicted octanol–water partition coefficient (Wildman–Crippen LogP) is 3.48. The van der Waals surface area contributed by atoms with Gasteiger partial charge in [0, 0.05) is 5.02 Å². The second-order valence-corrected chi connectivity index (χ2v) is 4.82. The summed E-state index contributed by atoms with van der Waals surface area (Å²) in [5.41, 5.74) is 2.10. The quantitative estimate of drug-likeness (QED) is 0.790. The Morgan fingerprint density at radius 2 is 2.20 bits per heavy atom. The number of fused-ring (bicyclic) bond motifs is 1. The molecule has 0 radical (unpaired) electrons. The molecule has 1 heterocycles. The molecule has 0 saturated heterocycles. The third-order valence-corrected chi connectivity index (χ3v) is 2.96. The molecule has 1 atom stereocenters. The maximum atomic E-state index is 5.99. The van der Waals surface area contributed by atoms with Crippen molar-refractivity contribution < 1.29 is 4.74 Å². The van der Waals surface area contributed by atoms with Crippen LogP contribution in [0, 0.1) is 12.8 Å². The Hall–Kier alpha value is -0.890. The van der Waals surface area contributed by atoms with Gasteiger partial charge >= 0.3 is 0 Å². The van der Waals surface area contributed by atoms with E-state index in [1.165, 1.54) is 0 Å². The molecule has 0 aliphatic carbocycles. The molecule has 0 bridgehead atoms. The largest absolute Gasteiger partial charge is 0.486 e. The molecule has 2 rings (SSSR count). The molecule has 1 unspecified atom stereocenters. The van der Waals surface area contributed by atoms with E-state index in [4.69, 9.17) is 16.3 Å². The highest BCUT2D eigenvalue weighted by Gasteiger charge is 2.23. The summed E-state index contributed by atoms with van der Waals surface area (Å²) in [5.74, 6) is 1.46. The smallest absolute Gasteiger partial charge is 0.145 e. The minimum absolute atomic E-state index is 0.248. The average molecular weight is 226 g/mol. The van der Waals surface area contributed by atoms with Crippen molar-refractivity contribution in [3.05, 3.63) is 22.7 Å². The first kappa shape index (κ1) is 10.6. The number of hydrogen-bond donors (Lipinski definition) is 1. The molecule has 0 amide bonds. The van der Waals surface area contributed by atoms with Gasteiger partial charge in [-0.1, -0.05) is 25.4 Å². The van der Waals surface area contributed by atoms with Gasteiger partial charge in [0.15, 0.2) is 0 Å². The third-order valence-electron chi connectivity index (χ3n) is 2.75. The minimum atomic E-state index is 0.248. The van der Waals surface area contributed by atoms with Gasteiger partial charge in [-0.15, -0.1) is 0 Å². The first-order chi connectivity index (χ1) is 7.08. The topological polar surface area (TPSA) is 21.3 Å². The molecule has 1 aromatic rings. The van der Waals surface area contributed by atoms with Gasteiger partial charge in [0.2, 0.25) is 0 Å². The molecule has 1 aliphatic rings. The van der Waals surface area contributed by atoms with Crippen LogP contribution in [0.2, 0.25) is 5.02 Å². The molecule has 1 aromatic carbocycles. The lowest BCUT2D eigenvalue weighted by molar-refractivity contribution is 0.155. The Balaban J connectivity index is 2.33. The van der Waals surface area contributed by atoms with E-state index in [1.807, 2.05) is 19.1 Å². The number of rotatable bonds is 1. The highest BCUT2D eigenvalue weighted by molar-refractivity contribution is 6.31. The van der Waals surface area contributed by atoms with Gasteiger partial charge in [-0.3, -0.25) is 0 Å². The van der Waals surface area contributed by atoms with Crippen LogP contribution >= 0.6 is 11.6 Å². The number of aryl methyl sites for hydroxylation is 1. The van der Waals surface area contributed by atoms with Crippen LogP contribution in [0.4, 0.5) is 5.69 Å². The van der Waals surface area contributed by atoms with Crippen molar-refractivity contribution in [2.24, 2.45) is 5.92 Å². The van der Waals surface area contributed by atoms with Crippen LogP contribution in [0.25, 0.3) is 0 Å². The molecule has 0 saturated carbocycles. The number of nitrogens with one attached hydrogen (secondary N) is 1. The Labute approximate surface area is 95.6 Å². The second kappa shape index (κ2) is 3.93. The SMILES string of the molecule is Cc1cc(Cl)cc2c1OC(C(C)C)CN2. The fourth-order valence-electron chi connectivity index (χ4n) is 1.79. The molecule has 1 N–H and O–H groups in total. The zero-order chi connectivity index (χ0) is 11.0. The van der Waals surface area contributed by atoms with E-state index >= 15 is 0 Å². The molecule has 15 heavy (non-hydrogen) atoms. The zero-order valence-corrected chi connectivity index (χ0v) is 10.1. The predicted molar refractivity (Wildman–Crippen MR) is 63.9 cm³/mol. The van der Waals surface area contributed by atoms with Crippen LogP contribution in [0.15, 0.2) is 12.1 Å². The lowest BCUT2D eigenvalue weighted by atomic mass is 10.0. The highest BCUT2D eigenvalue weighted by Crippen LogP contribution is 2.36. The van der Waals surface area contributed by atoms with E-state index in [0.29, 0.717) is 5.92 Å². The normalized spacial score (nSPS) is 19.4. The molecule has 1 aliphatic heterocycles. The Morgan fingerprint density at radius 3 is 2.87 bits per heavy atom. The van der Waals surface area contributed by atoms with Gasteiger partial charge in [-0.05, 0) is 30.5 Å². The third kappa shape index (κ3) is 2.05. The van der Waals surface area contributed by atoms with E-state index in [-0.39, 0.29) is 6.10 Å². The molecular formula is C12H16ClNO. The van der Waals surface area contributed by atoms with E-state index in [2.05, 4.69) is 19.2 Å². The number of ether oxygens (including phenoxy) is 1. The zero-order valence-electron chi connectivity index (χ0n) is 9.30. The van der Waals surface area contributed by atoms with E-state index < -0.39 is 0 Å². The van der Waals surface area contributed by atoms with Crippen molar-refractivity contribution >= 4 is 17.3 Å². The fourth-order valence-corrected chi connectivity index (χ4v) is 2.07. The summed E-state index contributed by atoms with van der Waals surface area (Å²) >= 11 is 5.99. The van der Waals surface area contributed by atoms with Gasteiger partial charge in [0.25, 0.3) is 0 Å². The summed E-state index contributed by atoms with van der Waals surface area (Å²) in [6.07, 6.45) is 0.248. The number of halogens is 1. The Bertz CT molecular complexity index is 376. The van der Waals surface area contributed by atoms with Gasteiger partial charge in [-0.25, -0.2) is 0 Å². The lowest BCUT2D eigenvalue weighted by Gasteiger charge is -2.31. The Morgan fingerprint density at radius 1 is 1.47 bits per heavy atom. The summed E-state index contributed by atoms with van der Waals surface area (Å²) in [6.45, 7) is 7.21. The highest BCUT2D eigenvalue weighted by atomic mass is 35.5. The maximum absolute atomic E-state index is 5.99. The fraction of sp³-hybridized carbons (Fsp3) is 0.500. The Kier molecular flexibility index (Phi) is 2.79. The van der Waals surface area contributed by atoms with E-state index in [9.17, 15) is 0 Å². The molecule has 82 valence electrons. The summed E-state index contributed by atoms with van der Waals surface area (Å²) in [5, 5.41) is 4.12. The number of hydrogen-bond acceptors (Lipinski definition) is 2. The van der Waals surface area contributed by atoms with Crippen molar-refractivity contribution in [3.8, 4) is 5.75 Å². The summed E-state index contributed by atoms with van der Waals surface area (Å²) in [6, 6.07) is 3.85.